The molecule has 2 atom stereocenters. The average Bonchev–Trinajstić information content (AvgIpc) is 3.36. The van der Waals surface area contributed by atoms with Crippen molar-refractivity contribution in [3.05, 3.63) is 54.1 Å². The van der Waals surface area contributed by atoms with Gasteiger partial charge in [0.25, 0.3) is 0 Å². The van der Waals surface area contributed by atoms with Crippen molar-refractivity contribution < 1.29 is 13.5 Å². The maximum absolute atomic E-state index is 13.2. The van der Waals surface area contributed by atoms with E-state index in [1.54, 1.807) is 23.5 Å². The summed E-state index contributed by atoms with van der Waals surface area (Å²) < 4.78 is 30.4. The molecule has 3 aromatic rings. The van der Waals surface area contributed by atoms with Crippen LogP contribution in [0, 0.1) is 5.92 Å². The summed E-state index contributed by atoms with van der Waals surface area (Å²) in [5.41, 5.74) is 1.95. The Bertz CT molecular complexity index is 1310. The van der Waals surface area contributed by atoms with Crippen molar-refractivity contribution in [2.45, 2.75) is 36.1 Å². The third-order valence-corrected chi connectivity index (χ3v) is 10.5. The second-order valence-electron chi connectivity index (χ2n) is 10.9. The number of nitrogens with zero attached hydrogens (tertiary/aromatic N) is 4. The first-order chi connectivity index (χ1) is 18.3. The fourth-order valence-corrected chi connectivity index (χ4v) is 7.88. The van der Waals surface area contributed by atoms with E-state index in [4.69, 9.17) is 4.98 Å². The van der Waals surface area contributed by atoms with Crippen molar-refractivity contribution in [1.29, 1.82) is 0 Å². The Balaban J connectivity index is 1.26. The van der Waals surface area contributed by atoms with E-state index in [0.29, 0.717) is 5.52 Å². The van der Waals surface area contributed by atoms with E-state index in [1.807, 2.05) is 24.3 Å². The largest absolute Gasteiger partial charge is 0.396 e. The number of sulfonamides is 1. The molecule has 0 saturated carbocycles. The van der Waals surface area contributed by atoms with Crippen LogP contribution in [0.5, 0.6) is 0 Å². The lowest BCUT2D eigenvalue weighted by Crippen LogP contribution is -2.45. The summed E-state index contributed by atoms with van der Waals surface area (Å²) in [5.74, 6) is 0.460. The molecule has 5 rings (SSSR count). The molecule has 206 valence electrons. The van der Waals surface area contributed by atoms with Crippen LogP contribution in [-0.2, 0) is 10.0 Å². The summed E-state index contributed by atoms with van der Waals surface area (Å²) >= 11 is 1.60. The van der Waals surface area contributed by atoms with Crippen LogP contribution in [0.2, 0.25) is 0 Å². The molecule has 0 spiro atoms. The van der Waals surface area contributed by atoms with Crippen molar-refractivity contribution >= 4 is 36.7 Å². The van der Waals surface area contributed by atoms with Gasteiger partial charge in [-0.05, 0) is 76.1 Å². The molecular weight excluding hydrogens is 518 g/mol. The van der Waals surface area contributed by atoms with Crippen LogP contribution >= 0.6 is 11.3 Å². The van der Waals surface area contributed by atoms with Crippen LogP contribution in [0.25, 0.3) is 10.2 Å². The summed E-state index contributed by atoms with van der Waals surface area (Å²) in [4.78, 5) is 12.0. The zero-order valence-corrected chi connectivity index (χ0v) is 23.9. The summed E-state index contributed by atoms with van der Waals surface area (Å²) in [6, 6.07) is 15.6. The number of hydrogen-bond donors (Lipinski definition) is 2. The number of aromatic nitrogens is 1. The predicted molar refractivity (Wildman–Crippen MR) is 155 cm³/mol. The Morgan fingerprint density at radius 2 is 1.84 bits per heavy atom. The van der Waals surface area contributed by atoms with E-state index in [9.17, 15) is 13.5 Å². The van der Waals surface area contributed by atoms with Crippen LogP contribution < -0.4 is 9.62 Å². The van der Waals surface area contributed by atoms with Gasteiger partial charge in [-0.3, -0.25) is 0 Å². The van der Waals surface area contributed by atoms with E-state index in [0.717, 1.165) is 68.4 Å². The first-order valence-electron chi connectivity index (χ1n) is 13.5. The lowest BCUT2D eigenvalue weighted by molar-refractivity contribution is 0.184. The Hall–Kier alpha value is -2.08. The third kappa shape index (κ3) is 6.38. The highest BCUT2D eigenvalue weighted by atomic mass is 32.2. The quantitative estimate of drug-likeness (QED) is 0.418. The standard InChI is InChI=1S/C28H39N5O3S2/c1-31(2)16-17-32-13-11-23(12-14-32)30-38(35,36)24-8-9-27-26(18-24)29-28(37-27)33-15-10-22(20-34)25(19-33)21-6-4-3-5-7-21/h3-9,18,22-23,25,30,34H,10-17,19-20H2,1-2H3. The number of hydrogen-bond acceptors (Lipinski definition) is 8. The first kappa shape index (κ1) is 27.5. The monoisotopic (exact) mass is 557 g/mol. The number of fused-ring (bicyclic) bond motifs is 1. The molecular formula is C28H39N5O3S2. The number of piperidine rings is 2. The molecule has 0 bridgehead atoms. The number of benzene rings is 2. The minimum atomic E-state index is -3.62. The van der Waals surface area contributed by atoms with E-state index >= 15 is 0 Å². The van der Waals surface area contributed by atoms with E-state index in [1.165, 1.54) is 5.56 Å². The van der Waals surface area contributed by atoms with Crippen LogP contribution in [0.3, 0.4) is 0 Å². The number of nitrogens with one attached hydrogen (secondary N) is 1. The highest BCUT2D eigenvalue weighted by Crippen LogP contribution is 2.37. The first-order valence-corrected chi connectivity index (χ1v) is 15.8. The summed E-state index contributed by atoms with van der Waals surface area (Å²) in [6.45, 7) is 5.64. The molecule has 8 nitrogen and oxygen atoms in total. The topological polar surface area (TPSA) is 89.0 Å². The summed E-state index contributed by atoms with van der Waals surface area (Å²) in [5, 5.41) is 10.9. The highest BCUT2D eigenvalue weighted by molar-refractivity contribution is 7.89. The SMILES string of the molecule is CN(C)CCN1CCC(NS(=O)(=O)c2ccc3sc(N4CCC(CO)C(c5ccccc5)C4)nc3c2)CC1. The molecule has 2 fully saturated rings. The van der Waals surface area contributed by atoms with Gasteiger partial charge in [-0.2, -0.15) is 0 Å². The van der Waals surface area contributed by atoms with Gasteiger partial charge in [0.05, 0.1) is 15.1 Å². The number of likely N-dealkylation sites (tertiary alicyclic amines) is 1. The number of anilines is 1. The van der Waals surface area contributed by atoms with Crippen molar-refractivity contribution in [3.63, 3.8) is 0 Å². The van der Waals surface area contributed by atoms with Crippen molar-refractivity contribution in [1.82, 2.24) is 19.5 Å². The van der Waals surface area contributed by atoms with Crippen LogP contribution in [0.15, 0.2) is 53.4 Å². The van der Waals surface area contributed by atoms with Gasteiger partial charge < -0.3 is 19.8 Å². The van der Waals surface area contributed by atoms with Crippen LogP contribution in [0.4, 0.5) is 5.13 Å². The van der Waals surface area contributed by atoms with Gasteiger partial charge in [-0.15, -0.1) is 0 Å². The van der Waals surface area contributed by atoms with E-state index in [2.05, 4.69) is 45.6 Å². The summed E-state index contributed by atoms with van der Waals surface area (Å²) in [6.07, 6.45) is 2.54. The van der Waals surface area contributed by atoms with Crippen LogP contribution in [-0.4, -0.2) is 94.3 Å². The zero-order chi connectivity index (χ0) is 26.7. The molecule has 2 unspecified atom stereocenters. The van der Waals surface area contributed by atoms with Gasteiger partial charge in [0.15, 0.2) is 5.13 Å². The molecule has 2 N–H and O–H groups in total. The zero-order valence-electron chi connectivity index (χ0n) is 22.3. The van der Waals surface area contributed by atoms with Gasteiger partial charge in [-0.1, -0.05) is 41.7 Å². The molecule has 3 heterocycles. The predicted octanol–water partition coefficient (Wildman–Crippen LogP) is 3.20. The Kier molecular flexibility index (Phi) is 8.66. The fourth-order valence-electron chi connectivity index (χ4n) is 5.57. The Labute approximate surface area is 230 Å². The minimum absolute atomic E-state index is 0.0416. The maximum Gasteiger partial charge on any atom is 0.240 e. The Morgan fingerprint density at radius 3 is 2.55 bits per heavy atom. The highest BCUT2D eigenvalue weighted by Gasteiger charge is 2.31. The lowest BCUT2D eigenvalue weighted by Gasteiger charge is -2.38. The second kappa shape index (κ2) is 12.0. The van der Waals surface area contributed by atoms with Crippen molar-refractivity contribution in [3.8, 4) is 0 Å². The van der Waals surface area contributed by atoms with E-state index < -0.39 is 10.0 Å². The fraction of sp³-hybridized carbons (Fsp3) is 0.536. The number of aliphatic hydroxyl groups is 1. The van der Waals surface area contributed by atoms with Gasteiger partial charge in [0.1, 0.15) is 0 Å². The molecule has 2 aromatic carbocycles. The number of likely N-dealkylation sites (N-methyl/N-ethyl adjacent to an activating group) is 1. The molecule has 0 aliphatic carbocycles. The molecule has 2 saturated heterocycles. The van der Waals surface area contributed by atoms with Crippen molar-refractivity contribution in [2.75, 3.05) is 64.9 Å². The molecule has 0 radical (unpaired) electrons. The number of aliphatic hydroxyl groups excluding tert-OH is 1. The maximum atomic E-state index is 13.2. The van der Waals surface area contributed by atoms with Gasteiger partial charge in [-0.25, -0.2) is 18.1 Å². The third-order valence-electron chi connectivity index (χ3n) is 7.92. The smallest absolute Gasteiger partial charge is 0.240 e. The normalized spacial score (nSPS) is 21.9. The molecule has 2 aliphatic rings. The lowest BCUT2D eigenvalue weighted by atomic mass is 9.81. The average molecular weight is 558 g/mol. The van der Waals surface area contributed by atoms with Gasteiger partial charge in [0.2, 0.25) is 10.0 Å². The van der Waals surface area contributed by atoms with Crippen LogP contribution in [0.1, 0.15) is 30.7 Å². The second-order valence-corrected chi connectivity index (χ2v) is 13.6. The molecule has 2 aliphatic heterocycles. The molecule has 38 heavy (non-hydrogen) atoms. The Morgan fingerprint density at radius 1 is 1.08 bits per heavy atom. The van der Waals surface area contributed by atoms with Crippen molar-refractivity contribution in [2.24, 2.45) is 5.92 Å². The van der Waals surface area contributed by atoms with E-state index in [-0.39, 0.29) is 29.4 Å². The number of thiazole rings is 1. The minimum Gasteiger partial charge on any atom is -0.396 e. The van der Waals surface area contributed by atoms with Gasteiger partial charge in [0, 0.05) is 44.7 Å². The molecule has 10 heteroatoms. The number of rotatable bonds is 9. The van der Waals surface area contributed by atoms with Gasteiger partial charge >= 0.3 is 0 Å². The summed E-state index contributed by atoms with van der Waals surface area (Å²) in [7, 11) is 0.527. The molecule has 0 amide bonds. The molecule has 1 aromatic heterocycles.